The van der Waals surface area contributed by atoms with Crippen molar-refractivity contribution in [3.05, 3.63) is 239 Å². The number of hydrogen-bond donors (Lipinski definition) is 13. The first-order valence-electron chi connectivity index (χ1n) is 40.4. The molecule has 6 aromatic carbocycles. The standard InChI is InChI=1S/C88H104N10O22S4/c1-87(2)65-30-14-16-32-72(65)97(50-20-52-122(111,112)113)74(87)43-35-61-28-18-29-62(80(61)120-63-37-39-64(40-38-63)124(117,118)119-4)36-44-75-88(3,66-31-15-17-33-73(66)98(75)51-21-53-123(114,115)116)47-19-34-76(99)93-71(56-60-26-12-7-13-27-60)83(106)94-70(55-59-24-10-6-11-25-59)82(105)91-57-78(101)89-48-49-90-81(104)69(54-58-22-8-5-9-23-58)92-77(100)45-41-67(84(107)108)95-86(121)96-68(85(109)110)42-46-79(102)103/h5-17,22-27,30-33,35-40,43-44,67-71H,18-21,28-29,34,41-42,45-57H2,1-4H3,(H12-,89,90,91,92,93,94,95,96,99,100,101,102,103,104,105,106,107,108,109,110,111,112,113,114,115,116,121)/p+1. The quantitative estimate of drug-likeness (QED) is 0.00584. The van der Waals surface area contributed by atoms with E-state index in [2.05, 4.69) is 56.4 Å². The van der Waals surface area contributed by atoms with Crippen LogP contribution in [-0.4, -0.2) is 200 Å². The highest BCUT2D eigenvalue weighted by Gasteiger charge is 2.48. The van der Waals surface area contributed by atoms with Gasteiger partial charge < -0.3 is 67.5 Å². The monoisotopic (exact) mass is 1780 g/mol. The normalized spacial score (nSPS) is 16.8. The predicted molar refractivity (Wildman–Crippen MR) is 467 cm³/mol. The van der Waals surface area contributed by atoms with Crippen molar-refractivity contribution in [3.8, 4) is 5.75 Å². The maximum absolute atomic E-state index is 14.9. The maximum Gasteiger partial charge on any atom is 0.326 e. The van der Waals surface area contributed by atoms with Crippen LogP contribution in [0.2, 0.25) is 0 Å². The molecule has 32 nitrogen and oxygen atoms in total. The van der Waals surface area contributed by atoms with Crippen LogP contribution in [0.3, 0.4) is 0 Å². The number of nitrogens with zero attached hydrogens (tertiary/aromatic N) is 2. The summed E-state index contributed by atoms with van der Waals surface area (Å²) in [6, 6.07) is 40.7. The molecule has 2 heterocycles. The molecule has 124 heavy (non-hydrogen) atoms. The summed E-state index contributed by atoms with van der Waals surface area (Å²) in [5.74, 6) is -8.46. The van der Waals surface area contributed by atoms with Gasteiger partial charge in [0.15, 0.2) is 10.8 Å². The number of carbonyl (C=O) groups excluding carboxylic acids is 6. The van der Waals surface area contributed by atoms with E-state index in [0.717, 1.165) is 46.5 Å². The van der Waals surface area contributed by atoms with Crippen molar-refractivity contribution in [1.82, 2.24) is 42.5 Å². The summed E-state index contributed by atoms with van der Waals surface area (Å²) < 4.78 is 108. The minimum Gasteiger partial charge on any atom is -0.481 e. The number of amides is 6. The molecule has 6 amide bonds. The number of allylic oxidation sites excluding steroid dienone is 7. The van der Waals surface area contributed by atoms with Crippen LogP contribution in [0.15, 0.2) is 216 Å². The number of ether oxygens (including phenoxy) is 1. The van der Waals surface area contributed by atoms with Gasteiger partial charge in [0.25, 0.3) is 30.4 Å². The fourth-order valence-corrected chi connectivity index (χ4v) is 17.1. The van der Waals surface area contributed by atoms with Crippen LogP contribution in [0.5, 0.6) is 5.75 Å². The Balaban J connectivity index is 0.900. The fourth-order valence-electron chi connectivity index (χ4n) is 15.2. The van der Waals surface area contributed by atoms with E-state index in [0.29, 0.717) is 59.6 Å². The van der Waals surface area contributed by atoms with Gasteiger partial charge >= 0.3 is 17.9 Å². The number of aliphatic carboxylic acids is 3. The Labute approximate surface area is 726 Å². The van der Waals surface area contributed by atoms with Gasteiger partial charge in [0, 0.05) is 99.1 Å². The largest absolute Gasteiger partial charge is 0.481 e. The van der Waals surface area contributed by atoms with Gasteiger partial charge in [-0.1, -0.05) is 147 Å². The average molecular weight is 1780 g/mol. The summed E-state index contributed by atoms with van der Waals surface area (Å²) in [4.78, 5) is 121. The topological polar surface area (TPSA) is 478 Å². The van der Waals surface area contributed by atoms with Crippen molar-refractivity contribution >= 4 is 118 Å². The lowest BCUT2D eigenvalue weighted by molar-refractivity contribution is -0.437. The van der Waals surface area contributed by atoms with E-state index in [1.54, 1.807) is 91.0 Å². The van der Waals surface area contributed by atoms with Gasteiger partial charge in [-0.2, -0.15) is 29.8 Å². The molecule has 13 N–H and O–H groups in total. The van der Waals surface area contributed by atoms with Crippen molar-refractivity contribution in [2.24, 2.45) is 0 Å². The van der Waals surface area contributed by atoms with Crippen molar-refractivity contribution in [3.63, 3.8) is 0 Å². The Kier molecular flexibility index (Phi) is 34.5. The highest BCUT2D eigenvalue weighted by Crippen LogP contribution is 2.49. The lowest BCUT2D eigenvalue weighted by atomic mass is 9.75. The smallest absolute Gasteiger partial charge is 0.326 e. The number of thiocarbonyl (C=S) groups is 1. The van der Waals surface area contributed by atoms with Crippen LogP contribution < -0.4 is 52.2 Å². The Hall–Kier alpha value is -11.8. The molecule has 0 bridgehead atoms. The van der Waals surface area contributed by atoms with E-state index >= 15 is 0 Å². The zero-order valence-corrected chi connectivity index (χ0v) is 72.3. The number of carboxylic acid groups (broad SMARTS) is 3. The molecule has 3 aliphatic rings. The van der Waals surface area contributed by atoms with Crippen LogP contribution >= 0.6 is 12.2 Å². The molecule has 0 aromatic heterocycles. The SMILES string of the molecule is COS(=O)(=O)c1ccc(OC2=C(/C=C/C3=[N+](CCCS(=O)(=O)O)c4ccccc4C3(C)CCCC(=O)NC(Cc3ccccc3)C(=O)NC(Cc3ccccc3)C(=O)NCC(=O)NCCNC(=O)C(Cc3ccccc3)NC(=O)CCC(NC(=S)NC(CCC(=O)O)C(=O)O)C(=O)O)CCC/C2=C\C=C2N(CCCS(=O)(=O)O)c3ccccc3C2(C)C)cc1. The summed E-state index contributed by atoms with van der Waals surface area (Å²) >= 11 is 5.10. The van der Waals surface area contributed by atoms with E-state index < -0.39 is 161 Å². The summed E-state index contributed by atoms with van der Waals surface area (Å²) in [6.45, 7) is 5.64. The third kappa shape index (κ3) is 28.1. The molecular formula is C88H105N10O22S4+. The summed E-state index contributed by atoms with van der Waals surface area (Å²) in [5.41, 5.74) is 7.02. The number of nitrogens with one attached hydrogen (secondary N) is 8. The van der Waals surface area contributed by atoms with Gasteiger partial charge in [-0.15, -0.1) is 0 Å². The second-order valence-electron chi connectivity index (χ2n) is 30.9. The van der Waals surface area contributed by atoms with Gasteiger partial charge in [0.2, 0.25) is 41.1 Å². The lowest BCUT2D eigenvalue weighted by Gasteiger charge is -2.27. The zero-order valence-electron chi connectivity index (χ0n) is 69.0. The van der Waals surface area contributed by atoms with Crippen molar-refractivity contribution in [2.75, 3.05) is 56.2 Å². The Morgan fingerprint density at radius 2 is 1.06 bits per heavy atom. The second kappa shape index (κ2) is 44.5. The molecule has 2 aliphatic heterocycles. The summed E-state index contributed by atoms with van der Waals surface area (Å²) in [5, 5.41) is 49.1. The summed E-state index contributed by atoms with van der Waals surface area (Å²) in [6.07, 6.45) is 8.27. The van der Waals surface area contributed by atoms with Gasteiger partial charge in [0.1, 0.15) is 48.3 Å². The number of benzene rings is 6. The number of fused-ring (bicyclic) bond motifs is 2. The summed E-state index contributed by atoms with van der Waals surface area (Å²) in [7, 11) is -11.7. The van der Waals surface area contributed by atoms with Crippen LogP contribution in [0.4, 0.5) is 11.4 Å². The minimum atomic E-state index is -4.41. The van der Waals surface area contributed by atoms with E-state index in [9.17, 15) is 87.7 Å². The molecule has 1 aliphatic carbocycles. The zero-order chi connectivity index (χ0) is 89.9. The molecule has 662 valence electrons. The molecule has 0 spiro atoms. The first-order valence-corrected chi connectivity index (χ1v) is 45.5. The third-order valence-corrected chi connectivity index (χ3v) is 24.6. The predicted octanol–water partition coefficient (Wildman–Crippen LogP) is 7.33. The van der Waals surface area contributed by atoms with E-state index in [-0.39, 0.29) is 88.9 Å². The third-order valence-electron chi connectivity index (χ3n) is 21.5. The molecule has 36 heteroatoms. The average Bonchev–Trinajstić information content (AvgIpc) is 1.57. The maximum atomic E-state index is 14.9. The highest BCUT2D eigenvalue weighted by molar-refractivity contribution is 7.87. The molecule has 0 fully saturated rings. The molecule has 0 radical (unpaired) electrons. The molecule has 6 aromatic rings. The van der Waals surface area contributed by atoms with Crippen LogP contribution in [0, 0.1) is 0 Å². The number of carboxylic acids is 3. The first kappa shape index (κ1) is 96.0. The van der Waals surface area contributed by atoms with Gasteiger partial charge in [-0.3, -0.25) is 46.9 Å². The number of carbonyl (C=O) groups is 9. The number of hydrogen-bond acceptors (Lipinski definition) is 19. The van der Waals surface area contributed by atoms with Crippen molar-refractivity contribution in [1.29, 1.82) is 0 Å². The van der Waals surface area contributed by atoms with E-state index in [4.69, 9.17) is 26.2 Å². The molecule has 6 atom stereocenters. The lowest BCUT2D eigenvalue weighted by Crippen LogP contribution is -2.56. The van der Waals surface area contributed by atoms with Gasteiger partial charge in [-0.25, -0.2) is 9.59 Å². The Morgan fingerprint density at radius 3 is 1.63 bits per heavy atom. The number of rotatable bonds is 46. The number of para-hydroxylation sites is 2. The van der Waals surface area contributed by atoms with Crippen LogP contribution in [0.1, 0.15) is 126 Å². The molecule has 0 saturated carbocycles. The Morgan fingerprint density at radius 1 is 0.540 bits per heavy atom. The fraction of sp³-hybridized carbons (Fsp3) is 0.375. The van der Waals surface area contributed by atoms with Gasteiger partial charge in [0.05, 0.1) is 35.5 Å². The highest BCUT2D eigenvalue weighted by atomic mass is 32.2. The molecular weight excluding hydrogens is 1680 g/mol. The van der Waals surface area contributed by atoms with E-state index in [1.165, 1.54) is 24.3 Å². The number of anilines is 1. The molecule has 9 rings (SSSR count). The van der Waals surface area contributed by atoms with Crippen LogP contribution in [0.25, 0.3) is 0 Å². The van der Waals surface area contributed by atoms with E-state index in [1.807, 2.05) is 89.2 Å². The molecule has 6 unspecified atom stereocenters. The Bertz CT molecular complexity index is 5400. The second-order valence-corrected chi connectivity index (χ2v) is 36.2. The molecule has 0 saturated heterocycles. The first-order chi connectivity index (χ1) is 58.9. The minimum absolute atomic E-state index is 0.00693. The van der Waals surface area contributed by atoms with Crippen molar-refractivity contribution in [2.45, 2.75) is 163 Å². The van der Waals surface area contributed by atoms with Gasteiger partial charge in [-0.05, 0) is 146 Å². The van der Waals surface area contributed by atoms with Crippen molar-refractivity contribution < 1.29 is 106 Å². The van der Waals surface area contributed by atoms with Crippen LogP contribution in [-0.2, 0) is 108 Å².